The van der Waals surface area contributed by atoms with E-state index in [9.17, 15) is 9.90 Å². The van der Waals surface area contributed by atoms with Crippen LogP contribution < -0.4 is 5.32 Å². The monoisotopic (exact) mass is 283 g/mol. The molecule has 0 aliphatic carbocycles. The number of hydrogen-bond donors (Lipinski definition) is 2. The lowest BCUT2D eigenvalue weighted by Gasteiger charge is -2.24. The minimum absolute atomic E-state index is 0.160. The van der Waals surface area contributed by atoms with E-state index in [4.69, 9.17) is 0 Å². The topological polar surface area (TPSA) is 49.3 Å². The van der Waals surface area contributed by atoms with Gasteiger partial charge in [-0.15, -0.1) is 0 Å². The third kappa shape index (κ3) is 3.70. The lowest BCUT2D eigenvalue weighted by atomic mass is 9.96. The van der Waals surface area contributed by atoms with Crippen molar-refractivity contribution < 1.29 is 9.90 Å². The molecule has 2 rings (SSSR count). The second kappa shape index (κ2) is 6.10. The quantitative estimate of drug-likeness (QED) is 0.906. The Morgan fingerprint density at radius 3 is 2.48 bits per heavy atom. The van der Waals surface area contributed by atoms with Gasteiger partial charge in [-0.3, -0.25) is 4.79 Å². The molecule has 21 heavy (non-hydrogen) atoms. The van der Waals surface area contributed by atoms with Crippen LogP contribution in [0.15, 0.2) is 48.5 Å². The van der Waals surface area contributed by atoms with Crippen molar-refractivity contribution in [2.75, 3.05) is 6.54 Å². The number of aryl methyl sites for hydroxylation is 2. The molecule has 0 aliphatic heterocycles. The summed E-state index contributed by atoms with van der Waals surface area (Å²) in [6, 6.07) is 15.1. The van der Waals surface area contributed by atoms with Gasteiger partial charge in [-0.1, -0.05) is 48.0 Å². The summed E-state index contributed by atoms with van der Waals surface area (Å²) in [6.07, 6.45) is 0. The predicted molar refractivity (Wildman–Crippen MR) is 84.3 cm³/mol. The molecule has 2 aromatic rings. The van der Waals surface area contributed by atoms with Crippen molar-refractivity contribution in [3.8, 4) is 0 Å². The first-order valence-electron chi connectivity index (χ1n) is 7.03. The fraction of sp³-hybridized carbons (Fsp3) is 0.278. The standard InChI is InChI=1S/C18H21NO2/c1-13-9-10-14(2)16(11-13)17(20)19-12-18(3,21)15-7-5-4-6-8-15/h4-11,21H,12H2,1-3H3,(H,19,20). The Bertz CT molecular complexity index is 633. The normalized spacial score (nSPS) is 13.5. The van der Waals surface area contributed by atoms with Crippen molar-refractivity contribution in [3.05, 3.63) is 70.8 Å². The lowest BCUT2D eigenvalue weighted by molar-refractivity contribution is 0.0526. The summed E-state index contributed by atoms with van der Waals surface area (Å²) in [5.41, 5.74) is 2.32. The first-order valence-corrected chi connectivity index (χ1v) is 7.03. The number of nitrogens with one attached hydrogen (secondary N) is 1. The Morgan fingerprint density at radius 2 is 1.81 bits per heavy atom. The number of hydrogen-bond acceptors (Lipinski definition) is 2. The summed E-state index contributed by atoms with van der Waals surface area (Å²) in [7, 11) is 0. The van der Waals surface area contributed by atoms with Crippen LogP contribution in [0.1, 0.15) is 34.0 Å². The Labute approximate surface area is 125 Å². The molecule has 0 bridgehead atoms. The largest absolute Gasteiger partial charge is 0.384 e. The molecule has 0 aliphatic rings. The summed E-state index contributed by atoms with van der Waals surface area (Å²) in [5, 5.41) is 13.3. The van der Waals surface area contributed by atoms with E-state index < -0.39 is 5.60 Å². The summed E-state index contributed by atoms with van der Waals surface area (Å²) in [6.45, 7) is 5.73. The molecule has 1 unspecified atom stereocenters. The zero-order chi connectivity index (χ0) is 15.5. The molecule has 0 aromatic heterocycles. The number of benzene rings is 2. The minimum atomic E-state index is -1.09. The molecule has 0 saturated carbocycles. The van der Waals surface area contributed by atoms with Crippen LogP contribution in [0.25, 0.3) is 0 Å². The van der Waals surface area contributed by atoms with Crippen LogP contribution in [0.2, 0.25) is 0 Å². The molecular weight excluding hydrogens is 262 g/mol. The fourth-order valence-electron chi connectivity index (χ4n) is 2.23. The van der Waals surface area contributed by atoms with Crippen molar-refractivity contribution in [1.29, 1.82) is 0 Å². The number of rotatable bonds is 4. The van der Waals surface area contributed by atoms with Gasteiger partial charge in [-0.25, -0.2) is 0 Å². The SMILES string of the molecule is Cc1ccc(C)c(C(=O)NCC(C)(O)c2ccccc2)c1. The fourth-order valence-corrected chi connectivity index (χ4v) is 2.23. The molecule has 0 spiro atoms. The van der Waals surface area contributed by atoms with Gasteiger partial charge >= 0.3 is 0 Å². The highest BCUT2D eigenvalue weighted by Crippen LogP contribution is 2.19. The highest BCUT2D eigenvalue weighted by Gasteiger charge is 2.24. The Kier molecular flexibility index (Phi) is 4.43. The van der Waals surface area contributed by atoms with E-state index in [1.807, 2.05) is 62.4 Å². The van der Waals surface area contributed by atoms with E-state index in [2.05, 4.69) is 5.32 Å². The van der Waals surface area contributed by atoms with Crippen LogP contribution in [0.4, 0.5) is 0 Å². The van der Waals surface area contributed by atoms with Gasteiger partial charge in [0, 0.05) is 5.56 Å². The van der Waals surface area contributed by atoms with Crippen LogP contribution in [0.5, 0.6) is 0 Å². The van der Waals surface area contributed by atoms with Gasteiger partial charge in [0.15, 0.2) is 0 Å². The van der Waals surface area contributed by atoms with E-state index in [-0.39, 0.29) is 12.5 Å². The average Bonchev–Trinajstić information content (AvgIpc) is 2.48. The first-order chi connectivity index (χ1) is 9.90. The van der Waals surface area contributed by atoms with Crippen molar-refractivity contribution in [2.45, 2.75) is 26.4 Å². The van der Waals surface area contributed by atoms with Crippen molar-refractivity contribution in [2.24, 2.45) is 0 Å². The molecule has 110 valence electrons. The number of carbonyl (C=O) groups excluding carboxylic acids is 1. The zero-order valence-corrected chi connectivity index (χ0v) is 12.7. The molecule has 1 atom stereocenters. The van der Waals surface area contributed by atoms with E-state index in [0.717, 1.165) is 16.7 Å². The van der Waals surface area contributed by atoms with E-state index in [1.54, 1.807) is 6.92 Å². The van der Waals surface area contributed by atoms with Gasteiger partial charge in [0.25, 0.3) is 5.91 Å². The predicted octanol–water partition coefficient (Wildman–Crippen LogP) is 2.94. The van der Waals surface area contributed by atoms with Gasteiger partial charge in [-0.05, 0) is 38.0 Å². The summed E-state index contributed by atoms with van der Waals surface area (Å²) >= 11 is 0. The molecule has 0 radical (unpaired) electrons. The molecule has 0 fully saturated rings. The van der Waals surface area contributed by atoms with Crippen LogP contribution in [-0.4, -0.2) is 17.6 Å². The molecule has 2 aromatic carbocycles. The van der Waals surface area contributed by atoms with Crippen LogP contribution in [0, 0.1) is 13.8 Å². The maximum absolute atomic E-state index is 12.3. The van der Waals surface area contributed by atoms with Gasteiger partial charge < -0.3 is 10.4 Å². The van der Waals surface area contributed by atoms with E-state index in [1.165, 1.54) is 0 Å². The Morgan fingerprint density at radius 1 is 1.14 bits per heavy atom. The Hall–Kier alpha value is -2.13. The molecule has 0 saturated heterocycles. The van der Waals surface area contributed by atoms with Gasteiger partial charge in [-0.2, -0.15) is 0 Å². The van der Waals surface area contributed by atoms with Crippen LogP contribution in [0.3, 0.4) is 0 Å². The van der Waals surface area contributed by atoms with Crippen molar-refractivity contribution in [1.82, 2.24) is 5.32 Å². The zero-order valence-electron chi connectivity index (χ0n) is 12.7. The van der Waals surface area contributed by atoms with Crippen LogP contribution >= 0.6 is 0 Å². The molecule has 3 heteroatoms. The molecule has 1 amide bonds. The first kappa shape index (κ1) is 15.3. The van der Waals surface area contributed by atoms with Crippen molar-refractivity contribution in [3.63, 3.8) is 0 Å². The summed E-state index contributed by atoms with van der Waals surface area (Å²) in [4.78, 5) is 12.3. The number of amides is 1. The van der Waals surface area contributed by atoms with Crippen molar-refractivity contribution >= 4 is 5.91 Å². The van der Waals surface area contributed by atoms with Gasteiger partial charge in [0.05, 0.1) is 6.54 Å². The average molecular weight is 283 g/mol. The van der Waals surface area contributed by atoms with E-state index >= 15 is 0 Å². The number of carbonyl (C=O) groups is 1. The van der Waals surface area contributed by atoms with Gasteiger partial charge in [0.1, 0.15) is 5.60 Å². The molecule has 3 nitrogen and oxygen atoms in total. The third-order valence-electron chi connectivity index (χ3n) is 3.63. The molecule has 0 heterocycles. The lowest BCUT2D eigenvalue weighted by Crippen LogP contribution is -2.38. The number of aliphatic hydroxyl groups is 1. The van der Waals surface area contributed by atoms with Gasteiger partial charge in [0.2, 0.25) is 0 Å². The smallest absolute Gasteiger partial charge is 0.251 e. The molecular formula is C18H21NO2. The maximum Gasteiger partial charge on any atom is 0.251 e. The molecule has 2 N–H and O–H groups in total. The maximum atomic E-state index is 12.3. The third-order valence-corrected chi connectivity index (χ3v) is 3.63. The summed E-state index contributed by atoms with van der Waals surface area (Å²) in [5.74, 6) is -0.160. The summed E-state index contributed by atoms with van der Waals surface area (Å²) < 4.78 is 0. The van der Waals surface area contributed by atoms with Crippen LogP contribution in [-0.2, 0) is 5.60 Å². The van der Waals surface area contributed by atoms with E-state index in [0.29, 0.717) is 5.56 Å². The highest BCUT2D eigenvalue weighted by molar-refractivity contribution is 5.95. The second-order valence-corrected chi connectivity index (χ2v) is 5.64. The Balaban J connectivity index is 2.09. The second-order valence-electron chi connectivity index (χ2n) is 5.64. The minimum Gasteiger partial charge on any atom is -0.384 e. The highest BCUT2D eigenvalue weighted by atomic mass is 16.3.